The van der Waals surface area contributed by atoms with E-state index in [1.54, 1.807) is 7.11 Å². The molecule has 3 aromatic carbocycles. The molecule has 0 aliphatic carbocycles. The van der Waals surface area contributed by atoms with E-state index in [-0.39, 0.29) is 29.4 Å². The van der Waals surface area contributed by atoms with Crippen molar-refractivity contribution in [2.75, 3.05) is 13.7 Å². The summed E-state index contributed by atoms with van der Waals surface area (Å²) in [5.74, 6) is -0.00100. The van der Waals surface area contributed by atoms with Gasteiger partial charge in [-0.2, -0.15) is 0 Å². The zero-order chi connectivity index (χ0) is 39.2. The van der Waals surface area contributed by atoms with Crippen molar-refractivity contribution >= 4 is 33.3 Å². The molecular weight excluding hydrogens is 689 g/mol. The standard InChI is InChI=1S/C46H70O5Si2/c1-13-23-40(32-38(8)51-53(46(9,10)11,41-26-19-15-20-27-41)42-28-21-16-22-29-42)43(34-50-52(35(2)3,36(4)5)37(6)7)45(44(48-12)30-31-47)49-33-39-24-17-14-18-25-39/h13-22,24-29,31,35-38,40,43-45H,1,23,30,32-34H2,2-12H3/t38-,40-,43+,44+,45+/m0/s1. The molecule has 3 rings (SSSR count). The quantitative estimate of drug-likeness (QED) is 0.0548. The third-order valence-corrected chi connectivity index (χ3v) is 22.7. The van der Waals surface area contributed by atoms with Crippen LogP contribution in [0.25, 0.3) is 0 Å². The van der Waals surface area contributed by atoms with Crippen molar-refractivity contribution in [1.82, 2.24) is 0 Å². The molecule has 0 aliphatic rings. The molecule has 0 radical (unpaired) electrons. The fourth-order valence-electron chi connectivity index (χ4n) is 9.10. The second-order valence-corrected chi connectivity index (χ2v) is 26.6. The average molecular weight is 759 g/mol. The molecule has 5 atom stereocenters. The monoisotopic (exact) mass is 758 g/mol. The summed E-state index contributed by atoms with van der Waals surface area (Å²) in [7, 11) is -3.38. The van der Waals surface area contributed by atoms with E-state index < -0.39 is 28.8 Å². The maximum atomic E-state index is 12.2. The fraction of sp³-hybridized carbons (Fsp3) is 0.543. The summed E-state index contributed by atoms with van der Waals surface area (Å²) in [6.07, 6.45) is 3.82. The molecule has 3 aromatic rings. The first kappa shape index (κ1) is 44.7. The van der Waals surface area contributed by atoms with Crippen molar-refractivity contribution in [3.05, 3.63) is 109 Å². The normalized spacial score (nSPS) is 15.7. The van der Waals surface area contributed by atoms with Gasteiger partial charge in [0.25, 0.3) is 8.32 Å². The molecule has 0 saturated carbocycles. The highest BCUT2D eigenvalue weighted by Gasteiger charge is 2.52. The highest BCUT2D eigenvalue weighted by molar-refractivity contribution is 6.99. The first-order valence-electron chi connectivity index (χ1n) is 19.8. The SMILES string of the molecule is C=CC[C@@H](C[C@H](C)O[Si](c1ccccc1)(c1ccccc1)C(C)(C)C)[C@@H](CO[Si](C(C)C)(C(C)C)C(C)C)[C@@H](OCc1ccccc1)[C@@H](CC=O)OC. The van der Waals surface area contributed by atoms with Gasteiger partial charge in [-0.15, -0.1) is 6.58 Å². The maximum absolute atomic E-state index is 12.2. The van der Waals surface area contributed by atoms with Crippen LogP contribution < -0.4 is 10.4 Å². The molecule has 0 N–H and O–H groups in total. The van der Waals surface area contributed by atoms with E-state index >= 15 is 0 Å². The number of allylic oxidation sites excluding steroid dienone is 1. The summed E-state index contributed by atoms with van der Waals surface area (Å²) >= 11 is 0. The van der Waals surface area contributed by atoms with Crippen LogP contribution in [-0.4, -0.2) is 54.9 Å². The number of hydrogen-bond donors (Lipinski definition) is 0. The van der Waals surface area contributed by atoms with Gasteiger partial charge in [0.2, 0.25) is 0 Å². The second kappa shape index (κ2) is 20.9. The number of carbonyl (C=O) groups excluding carboxylic acids is 1. The van der Waals surface area contributed by atoms with Gasteiger partial charge in [0.1, 0.15) is 6.29 Å². The Balaban J connectivity index is 2.17. The summed E-state index contributed by atoms with van der Waals surface area (Å²) in [6.45, 7) is 28.4. The number of methoxy groups -OCH3 is 1. The lowest BCUT2D eigenvalue weighted by molar-refractivity contribution is -0.127. The van der Waals surface area contributed by atoms with Crippen molar-refractivity contribution in [3.8, 4) is 0 Å². The molecule has 53 heavy (non-hydrogen) atoms. The zero-order valence-corrected chi connectivity index (χ0v) is 36.7. The number of rotatable bonds is 23. The molecule has 0 saturated heterocycles. The third-order valence-electron chi connectivity index (χ3n) is 11.4. The van der Waals surface area contributed by atoms with E-state index in [0.29, 0.717) is 29.8 Å². The van der Waals surface area contributed by atoms with Crippen LogP contribution in [0.5, 0.6) is 0 Å². The van der Waals surface area contributed by atoms with E-state index in [1.165, 1.54) is 10.4 Å². The summed E-state index contributed by atoms with van der Waals surface area (Å²) in [5.41, 5.74) is 2.36. The van der Waals surface area contributed by atoms with Crippen LogP contribution in [0.1, 0.15) is 94.1 Å². The molecule has 292 valence electrons. The maximum Gasteiger partial charge on any atom is 0.261 e. The van der Waals surface area contributed by atoms with E-state index in [0.717, 1.165) is 24.7 Å². The van der Waals surface area contributed by atoms with Crippen molar-refractivity contribution in [3.63, 3.8) is 0 Å². The van der Waals surface area contributed by atoms with Crippen LogP contribution in [0, 0.1) is 11.8 Å². The van der Waals surface area contributed by atoms with Gasteiger partial charge in [-0.05, 0) is 63.3 Å². The average Bonchev–Trinajstić information content (AvgIpc) is 3.12. The molecule has 0 heterocycles. The van der Waals surface area contributed by atoms with Crippen molar-refractivity contribution in [2.45, 2.75) is 135 Å². The van der Waals surface area contributed by atoms with Gasteiger partial charge in [-0.1, -0.05) is 159 Å². The fourth-order valence-corrected chi connectivity index (χ4v) is 19.3. The summed E-state index contributed by atoms with van der Waals surface area (Å²) in [6, 6.07) is 31.9. The van der Waals surface area contributed by atoms with Gasteiger partial charge in [0.05, 0.1) is 18.8 Å². The Kier molecular flexibility index (Phi) is 17.6. The number of aldehydes is 1. The van der Waals surface area contributed by atoms with E-state index in [1.807, 2.05) is 24.3 Å². The number of benzene rings is 3. The smallest absolute Gasteiger partial charge is 0.261 e. The highest BCUT2D eigenvalue weighted by atomic mass is 28.4. The number of ether oxygens (including phenoxy) is 2. The van der Waals surface area contributed by atoms with Crippen LogP contribution in [-0.2, 0) is 29.7 Å². The lowest BCUT2D eigenvalue weighted by atomic mass is 9.80. The predicted molar refractivity (Wildman–Crippen MR) is 228 cm³/mol. The Morgan fingerprint density at radius 2 is 1.23 bits per heavy atom. The molecule has 0 aliphatic heterocycles. The molecule has 0 unspecified atom stereocenters. The zero-order valence-electron chi connectivity index (χ0n) is 34.7. The molecule has 5 nitrogen and oxygen atoms in total. The van der Waals surface area contributed by atoms with Crippen molar-refractivity contribution in [1.29, 1.82) is 0 Å². The molecule has 0 aromatic heterocycles. The van der Waals surface area contributed by atoms with Gasteiger partial charge in [0, 0.05) is 32.2 Å². The Hall–Kier alpha value is -2.66. The number of carbonyl (C=O) groups is 1. The third kappa shape index (κ3) is 11.0. The molecule has 0 fully saturated rings. The van der Waals surface area contributed by atoms with Crippen LogP contribution in [0.15, 0.2) is 104 Å². The Morgan fingerprint density at radius 3 is 1.64 bits per heavy atom. The predicted octanol–water partition coefficient (Wildman–Crippen LogP) is 10.5. The van der Waals surface area contributed by atoms with E-state index in [4.69, 9.17) is 18.3 Å². The van der Waals surface area contributed by atoms with Crippen LogP contribution in [0.4, 0.5) is 0 Å². The lowest BCUT2D eigenvalue weighted by Gasteiger charge is -2.47. The molecule has 7 heteroatoms. The summed E-state index contributed by atoms with van der Waals surface area (Å²) in [4.78, 5) is 12.2. The van der Waals surface area contributed by atoms with Crippen molar-refractivity contribution in [2.24, 2.45) is 11.8 Å². The van der Waals surface area contributed by atoms with E-state index in [9.17, 15) is 4.79 Å². The Labute approximate surface area is 325 Å². The first-order chi connectivity index (χ1) is 25.2. The molecule has 0 amide bonds. The van der Waals surface area contributed by atoms with Gasteiger partial charge < -0.3 is 23.1 Å². The topological polar surface area (TPSA) is 54.0 Å². The Morgan fingerprint density at radius 1 is 0.736 bits per heavy atom. The first-order valence-corrected chi connectivity index (χ1v) is 23.9. The molecule has 0 spiro atoms. The van der Waals surface area contributed by atoms with Crippen LogP contribution in [0.2, 0.25) is 21.7 Å². The largest absolute Gasteiger partial charge is 0.416 e. The van der Waals surface area contributed by atoms with Gasteiger partial charge in [-0.25, -0.2) is 0 Å². The van der Waals surface area contributed by atoms with Crippen LogP contribution >= 0.6 is 0 Å². The summed E-state index contributed by atoms with van der Waals surface area (Å²) < 4.78 is 28.1. The Bertz CT molecular complexity index is 1410. The molecule has 0 bridgehead atoms. The summed E-state index contributed by atoms with van der Waals surface area (Å²) in [5, 5.41) is 2.38. The lowest BCUT2D eigenvalue weighted by Crippen LogP contribution is -2.67. The van der Waals surface area contributed by atoms with Gasteiger partial charge in [-0.3, -0.25) is 0 Å². The van der Waals surface area contributed by atoms with Crippen molar-refractivity contribution < 1.29 is 23.1 Å². The van der Waals surface area contributed by atoms with E-state index in [2.05, 4.69) is 149 Å². The second-order valence-electron chi connectivity index (χ2n) is 16.8. The minimum atomic E-state index is -2.81. The highest BCUT2D eigenvalue weighted by Crippen LogP contribution is 2.44. The minimum absolute atomic E-state index is 0.0870. The molecular formula is C46H70O5Si2. The number of hydrogen-bond acceptors (Lipinski definition) is 5. The minimum Gasteiger partial charge on any atom is -0.416 e. The van der Waals surface area contributed by atoms with Crippen LogP contribution in [0.3, 0.4) is 0 Å². The van der Waals surface area contributed by atoms with Gasteiger partial charge in [0.15, 0.2) is 8.32 Å². The van der Waals surface area contributed by atoms with Gasteiger partial charge >= 0.3 is 0 Å².